The van der Waals surface area contributed by atoms with Crippen molar-refractivity contribution in [2.24, 2.45) is 11.7 Å². The fraction of sp³-hybridized carbons (Fsp3) is 0.500. The van der Waals surface area contributed by atoms with Crippen LogP contribution in [0.15, 0.2) is 24.3 Å². The average Bonchev–Trinajstić information content (AvgIpc) is 2.45. The molecule has 5 heteroatoms. The number of nitrogens with one attached hydrogen (secondary N) is 2. The fourth-order valence-electron chi connectivity index (χ4n) is 2.69. The van der Waals surface area contributed by atoms with Crippen LogP contribution in [0, 0.1) is 5.92 Å². The van der Waals surface area contributed by atoms with Crippen molar-refractivity contribution in [1.82, 2.24) is 5.32 Å². The summed E-state index contributed by atoms with van der Waals surface area (Å²) in [6.45, 7) is 2.63. The van der Waals surface area contributed by atoms with Crippen LogP contribution in [0.2, 0.25) is 0 Å². The quantitative estimate of drug-likeness (QED) is 0.693. The smallest absolute Gasteiger partial charge is 0.225 e. The normalized spacial score (nSPS) is 20.2. The first-order chi connectivity index (χ1) is 10.1. The molecule has 0 saturated carbocycles. The predicted octanol–water partition coefficient (Wildman–Crippen LogP) is 1.43. The number of carbonyl (C=O) groups is 2. The molecule has 0 spiro atoms. The fourth-order valence-corrected chi connectivity index (χ4v) is 2.69. The molecule has 0 bridgehead atoms. The van der Waals surface area contributed by atoms with E-state index in [0.717, 1.165) is 24.9 Å². The largest absolute Gasteiger partial charge is 0.382 e. The Balaban J connectivity index is 1.82. The molecule has 1 aliphatic rings. The third-order valence-electron chi connectivity index (χ3n) is 3.93. The molecule has 114 valence electrons. The van der Waals surface area contributed by atoms with Gasteiger partial charge in [-0.15, -0.1) is 0 Å². The molecular formula is C16H23N3O2. The van der Waals surface area contributed by atoms with E-state index in [4.69, 9.17) is 5.73 Å². The highest BCUT2D eigenvalue weighted by Gasteiger charge is 2.29. The molecule has 5 nitrogen and oxygen atoms in total. The van der Waals surface area contributed by atoms with E-state index in [-0.39, 0.29) is 23.8 Å². The first kappa shape index (κ1) is 15.4. The first-order valence-electron chi connectivity index (χ1n) is 7.48. The lowest BCUT2D eigenvalue weighted by Gasteiger charge is -2.31. The Kier molecular flexibility index (Phi) is 5.20. The number of carbonyl (C=O) groups excluding carboxylic acids is 2. The second-order valence-electron chi connectivity index (χ2n) is 5.62. The summed E-state index contributed by atoms with van der Waals surface area (Å²) in [5.74, 6) is -0.275. The van der Waals surface area contributed by atoms with Crippen LogP contribution in [0.5, 0.6) is 0 Å². The third kappa shape index (κ3) is 4.21. The Labute approximate surface area is 125 Å². The van der Waals surface area contributed by atoms with Crippen LogP contribution in [-0.2, 0) is 16.0 Å². The molecule has 1 aliphatic heterocycles. The van der Waals surface area contributed by atoms with Crippen LogP contribution in [0.25, 0.3) is 0 Å². The summed E-state index contributed by atoms with van der Waals surface area (Å²) in [5, 5.41) is 6.34. The Morgan fingerprint density at radius 1 is 1.33 bits per heavy atom. The Bertz CT molecular complexity index is 516. The van der Waals surface area contributed by atoms with E-state index in [1.165, 1.54) is 5.56 Å². The molecule has 2 atom stereocenters. The standard InChI is InChI=1S/C16H23N3O2/c1-11-13(10-12-6-2-3-7-14(12)19-11)16(21)18-9-5-4-8-15(17)20/h2-3,6-7,11,13,19H,4-5,8-10H2,1H3,(H2,17,20)(H,18,21). The van der Waals surface area contributed by atoms with Crippen LogP contribution in [0.1, 0.15) is 31.7 Å². The van der Waals surface area contributed by atoms with Gasteiger partial charge in [0.15, 0.2) is 0 Å². The molecule has 0 aromatic heterocycles. The second kappa shape index (κ2) is 7.11. The number of para-hydroxylation sites is 1. The monoisotopic (exact) mass is 289 g/mol. The topological polar surface area (TPSA) is 84.2 Å². The summed E-state index contributed by atoms with van der Waals surface area (Å²) in [6.07, 6.45) is 2.64. The highest BCUT2D eigenvalue weighted by molar-refractivity contribution is 5.81. The molecule has 0 saturated heterocycles. The summed E-state index contributed by atoms with van der Waals surface area (Å²) in [5.41, 5.74) is 7.39. The third-order valence-corrected chi connectivity index (χ3v) is 3.93. The van der Waals surface area contributed by atoms with Gasteiger partial charge in [-0.3, -0.25) is 9.59 Å². The lowest BCUT2D eigenvalue weighted by Crippen LogP contribution is -2.43. The molecule has 2 amide bonds. The number of fused-ring (bicyclic) bond motifs is 1. The van der Waals surface area contributed by atoms with Gasteiger partial charge in [0.25, 0.3) is 0 Å². The van der Waals surface area contributed by atoms with Crippen LogP contribution < -0.4 is 16.4 Å². The summed E-state index contributed by atoms with van der Waals surface area (Å²) >= 11 is 0. The SMILES string of the molecule is CC1Nc2ccccc2CC1C(=O)NCCCCC(N)=O. The van der Waals surface area contributed by atoms with Gasteiger partial charge in [-0.25, -0.2) is 0 Å². The molecule has 2 rings (SSSR count). The maximum absolute atomic E-state index is 12.3. The average molecular weight is 289 g/mol. The summed E-state index contributed by atoms with van der Waals surface area (Å²) in [4.78, 5) is 22.9. The van der Waals surface area contributed by atoms with E-state index in [9.17, 15) is 9.59 Å². The van der Waals surface area contributed by atoms with E-state index in [1.54, 1.807) is 0 Å². The lowest BCUT2D eigenvalue weighted by atomic mass is 9.87. The maximum atomic E-state index is 12.3. The zero-order valence-electron chi connectivity index (χ0n) is 12.4. The molecule has 21 heavy (non-hydrogen) atoms. The Morgan fingerprint density at radius 2 is 2.10 bits per heavy atom. The van der Waals surface area contributed by atoms with Crippen molar-refractivity contribution in [2.75, 3.05) is 11.9 Å². The van der Waals surface area contributed by atoms with Crippen molar-refractivity contribution in [3.05, 3.63) is 29.8 Å². The molecule has 4 N–H and O–H groups in total. The lowest BCUT2D eigenvalue weighted by molar-refractivity contribution is -0.125. The number of benzene rings is 1. The minimum Gasteiger partial charge on any atom is -0.382 e. The first-order valence-corrected chi connectivity index (χ1v) is 7.48. The zero-order valence-corrected chi connectivity index (χ0v) is 12.4. The number of rotatable bonds is 6. The molecular weight excluding hydrogens is 266 g/mol. The number of unbranched alkanes of at least 4 members (excludes halogenated alkanes) is 1. The zero-order chi connectivity index (χ0) is 15.2. The number of primary amides is 1. The van der Waals surface area contributed by atoms with E-state index < -0.39 is 0 Å². The minimum absolute atomic E-state index is 0.0592. The van der Waals surface area contributed by atoms with Gasteiger partial charge in [-0.1, -0.05) is 18.2 Å². The van der Waals surface area contributed by atoms with Crippen molar-refractivity contribution < 1.29 is 9.59 Å². The number of hydrogen-bond donors (Lipinski definition) is 3. The van der Waals surface area contributed by atoms with Crippen molar-refractivity contribution in [3.8, 4) is 0 Å². The summed E-state index contributed by atoms with van der Waals surface area (Å²) in [7, 11) is 0. The molecule has 2 unspecified atom stereocenters. The van der Waals surface area contributed by atoms with Crippen molar-refractivity contribution >= 4 is 17.5 Å². The highest BCUT2D eigenvalue weighted by atomic mass is 16.2. The van der Waals surface area contributed by atoms with E-state index in [1.807, 2.05) is 25.1 Å². The van der Waals surface area contributed by atoms with E-state index in [2.05, 4.69) is 16.7 Å². The van der Waals surface area contributed by atoms with Crippen LogP contribution in [-0.4, -0.2) is 24.4 Å². The highest BCUT2D eigenvalue weighted by Crippen LogP contribution is 2.28. The Hall–Kier alpha value is -2.04. The van der Waals surface area contributed by atoms with Gasteiger partial charge in [0.05, 0.1) is 5.92 Å². The molecule has 1 heterocycles. The molecule has 0 aliphatic carbocycles. The molecule has 1 aromatic carbocycles. The van der Waals surface area contributed by atoms with Crippen molar-refractivity contribution in [2.45, 2.75) is 38.6 Å². The number of amides is 2. The van der Waals surface area contributed by atoms with E-state index >= 15 is 0 Å². The molecule has 0 radical (unpaired) electrons. The van der Waals surface area contributed by atoms with Crippen molar-refractivity contribution in [1.29, 1.82) is 0 Å². The summed E-state index contributed by atoms with van der Waals surface area (Å²) < 4.78 is 0. The second-order valence-corrected chi connectivity index (χ2v) is 5.62. The van der Waals surface area contributed by atoms with Gasteiger partial charge in [0.1, 0.15) is 0 Å². The predicted molar refractivity (Wildman–Crippen MR) is 82.8 cm³/mol. The van der Waals surface area contributed by atoms with Gasteiger partial charge in [-0.05, 0) is 37.8 Å². The van der Waals surface area contributed by atoms with Gasteiger partial charge < -0.3 is 16.4 Å². The Morgan fingerprint density at radius 3 is 2.86 bits per heavy atom. The number of nitrogens with two attached hydrogens (primary N) is 1. The molecule has 1 aromatic rings. The van der Waals surface area contributed by atoms with E-state index in [0.29, 0.717) is 13.0 Å². The van der Waals surface area contributed by atoms with Gasteiger partial charge in [0, 0.05) is 24.7 Å². The van der Waals surface area contributed by atoms with Crippen LogP contribution >= 0.6 is 0 Å². The number of anilines is 1. The van der Waals surface area contributed by atoms with Crippen LogP contribution in [0.4, 0.5) is 5.69 Å². The van der Waals surface area contributed by atoms with Crippen molar-refractivity contribution in [3.63, 3.8) is 0 Å². The van der Waals surface area contributed by atoms with Crippen LogP contribution in [0.3, 0.4) is 0 Å². The molecule has 0 fully saturated rings. The number of hydrogen-bond acceptors (Lipinski definition) is 3. The maximum Gasteiger partial charge on any atom is 0.225 e. The van der Waals surface area contributed by atoms with Gasteiger partial charge in [0.2, 0.25) is 11.8 Å². The van der Waals surface area contributed by atoms with Gasteiger partial charge >= 0.3 is 0 Å². The summed E-state index contributed by atoms with van der Waals surface area (Å²) in [6, 6.07) is 8.21. The van der Waals surface area contributed by atoms with Gasteiger partial charge in [-0.2, -0.15) is 0 Å². The minimum atomic E-state index is -0.289.